The SMILES string of the molecule is CNC1CCCN(S(=O)(=O)c2ccc(C(=O)OC)cc2OC)C1. The fourth-order valence-corrected chi connectivity index (χ4v) is 4.32. The second-order valence-corrected chi connectivity index (χ2v) is 7.25. The molecule has 1 aromatic rings. The fourth-order valence-electron chi connectivity index (χ4n) is 2.66. The molecule has 1 aliphatic rings. The third-order valence-electron chi connectivity index (χ3n) is 3.99. The Bertz CT molecular complexity index is 674. The van der Waals surface area contributed by atoms with Gasteiger partial charge in [0.05, 0.1) is 19.8 Å². The Morgan fingerprint density at radius 1 is 1.35 bits per heavy atom. The van der Waals surface area contributed by atoms with Gasteiger partial charge in [0.1, 0.15) is 10.6 Å². The minimum Gasteiger partial charge on any atom is -0.495 e. The molecule has 1 aromatic carbocycles. The maximum atomic E-state index is 12.9. The molecule has 0 spiro atoms. The van der Waals surface area contributed by atoms with Gasteiger partial charge in [0, 0.05) is 19.1 Å². The Kier molecular flexibility index (Phi) is 5.61. The lowest BCUT2D eigenvalue weighted by atomic mass is 10.1. The zero-order chi connectivity index (χ0) is 17.0. The first-order valence-corrected chi connectivity index (χ1v) is 8.81. The number of ether oxygens (including phenoxy) is 2. The van der Waals surface area contributed by atoms with Gasteiger partial charge >= 0.3 is 5.97 Å². The highest BCUT2D eigenvalue weighted by molar-refractivity contribution is 7.89. The van der Waals surface area contributed by atoms with Crippen LogP contribution in [0.15, 0.2) is 23.1 Å². The van der Waals surface area contributed by atoms with Crippen LogP contribution in [0.5, 0.6) is 5.75 Å². The molecule has 0 aromatic heterocycles. The van der Waals surface area contributed by atoms with Gasteiger partial charge in [-0.25, -0.2) is 13.2 Å². The number of carbonyl (C=O) groups is 1. The van der Waals surface area contributed by atoms with Crippen molar-refractivity contribution in [3.63, 3.8) is 0 Å². The van der Waals surface area contributed by atoms with Gasteiger partial charge in [-0.05, 0) is 38.1 Å². The van der Waals surface area contributed by atoms with E-state index in [0.29, 0.717) is 13.1 Å². The number of carbonyl (C=O) groups excluding carboxylic acids is 1. The number of likely N-dealkylation sites (N-methyl/N-ethyl adjacent to an activating group) is 1. The first-order valence-electron chi connectivity index (χ1n) is 7.37. The summed E-state index contributed by atoms with van der Waals surface area (Å²) >= 11 is 0. The highest BCUT2D eigenvalue weighted by atomic mass is 32.2. The maximum absolute atomic E-state index is 12.9. The van der Waals surface area contributed by atoms with Crippen molar-refractivity contribution >= 4 is 16.0 Å². The van der Waals surface area contributed by atoms with Crippen LogP contribution >= 0.6 is 0 Å². The first-order chi connectivity index (χ1) is 10.9. The predicted octanol–water partition coefficient (Wildman–Crippen LogP) is 0.854. The summed E-state index contributed by atoms with van der Waals surface area (Å²) in [4.78, 5) is 11.6. The fraction of sp³-hybridized carbons (Fsp3) is 0.533. The van der Waals surface area contributed by atoms with Gasteiger partial charge in [0.2, 0.25) is 10.0 Å². The zero-order valence-corrected chi connectivity index (χ0v) is 14.4. The Balaban J connectivity index is 2.37. The summed E-state index contributed by atoms with van der Waals surface area (Å²) in [6.07, 6.45) is 1.74. The minimum absolute atomic E-state index is 0.0596. The Labute approximate surface area is 136 Å². The largest absolute Gasteiger partial charge is 0.495 e. The Hall–Kier alpha value is -1.64. The van der Waals surface area contributed by atoms with Gasteiger partial charge in [0.15, 0.2) is 0 Å². The number of nitrogens with zero attached hydrogens (tertiary/aromatic N) is 1. The lowest BCUT2D eigenvalue weighted by Crippen LogP contribution is -2.46. The van der Waals surface area contributed by atoms with Gasteiger partial charge in [-0.15, -0.1) is 0 Å². The molecule has 1 heterocycles. The standard InChI is InChI=1S/C15H22N2O5S/c1-16-12-5-4-8-17(10-12)23(19,20)14-7-6-11(15(18)22-3)9-13(14)21-2/h6-7,9,12,16H,4-5,8,10H2,1-3H3. The van der Waals surface area contributed by atoms with E-state index in [2.05, 4.69) is 10.1 Å². The number of hydrogen-bond acceptors (Lipinski definition) is 6. The molecule has 1 saturated heterocycles. The van der Waals surface area contributed by atoms with Gasteiger partial charge in [-0.1, -0.05) is 0 Å². The van der Waals surface area contributed by atoms with Crippen LogP contribution < -0.4 is 10.1 Å². The van der Waals surface area contributed by atoms with Crippen molar-refractivity contribution in [2.24, 2.45) is 0 Å². The van der Waals surface area contributed by atoms with E-state index in [-0.39, 0.29) is 22.3 Å². The summed E-state index contributed by atoms with van der Waals surface area (Å²) in [6.45, 7) is 0.892. The number of esters is 1. The molecular weight excluding hydrogens is 320 g/mol. The van der Waals surface area contributed by atoms with Crippen molar-refractivity contribution in [3.8, 4) is 5.75 Å². The molecular formula is C15H22N2O5S. The molecule has 0 aliphatic carbocycles. The van der Waals surface area contributed by atoms with Gasteiger partial charge in [-0.3, -0.25) is 0 Å². The number of benzene rings is 1. The monoisotopic (exact) mass is 342 g/mol. The molecule has 0 amide bonds. The van der Waals surface area contributed by atoms with E-state index in [0.717, 1.165) is 12.8 Å². The van der Waals surface area contributed by atoms with E-state index in [1.807, 2.05) is 7.05 Å². The molecule has 0 radical (unpaired) electrons. The van der Waals surface area contributed by atoms with E-state index in [9.17, 15) is 13.2 Å². The lowest BCUT2D eigenvalue weighted by molar-refractivity contribution is 0.0600. The average Bonchev–Trinajstić information content (AvgIpc) is 2.60. The smallest absolute Gasteiger partial charge is 0.337 e. The highest BCUT2D eigenvalue weighted by Gasteiger charge is 2.32. The molecule has 7 nitrogen and oxygen atoms in total. The van der Waals surface area contributed by atoms with Crippen molar-refractivity contribution in [1.82, 2.24) is 9.62 Å². The second-order valence-electron chi connectivity index (χ2n) is 5.35. The quantitative estimate of drug-likeness (QED) is 0.799. The molecule has 8 heteroatoms. The molecule has 23 heavy (non-hydrogen) atoms. The van der Waals surface area contributed by atoms with Crippen molar-refractivity contribution in [1.29, 1.82) is 0 Å². The van der Waals surface area contributed by atoms with E-state index in [1.54, 1.807) is 0 Å². The molecule has 1 aliphatic heterocycles. The Morgan fingerprint density at radius 3 is 2.70 bits per heavy atom. The molecule has 1 atom stereocenters. The van der Waals surface area contributed by atoms with Gasteiger partial charge in [-0.2, -0.15) is 4.31 Å². The summed E-state index contributed by atoms with van der Waals surface area (Å²) in [5.74, 6) is -0.403. The molecule has 1 N–H and O–H groups in total. The van der Waals surface area contributed by atoms with Crippen LogP contribution in [0.25, 0.3) is 0 Å². The zero-order valence-electron chi connectivity index (χ0n) is 13.5. The number of sulfonamides is 1. The molecule has 1 fully saturated rings. The molecule has 0 saturated carbocycles. The van der Waals surface area contributed by atoms with Crippen LogP contribution in [-0.2, 0) is 14.8 Å². The van der Waals surface area contributed by atoms with E-state index in [4.69, 9.17) is 4.74 Å². The van der Waals surface area contributed by atoms with Crippen molar-refractivity contribution < 1.29 is 22.7 Å². The Morgan fingerprint density at radius 2 is 2.09 bits per heavy atom. The van der Waals surface area contributed by atoms with Crippen molar-refractivity contribution in [2.75, 3.05) is 34.4 Å². The van der Waals surface area contributed by atoms with Crippen LogP contribution in [-0.4, -0.2) is 59.1 Å². The third-order valence-corrected chi connectivity index (χ3v) is 5.90. The van der Waals surface area contributed by atoms with Crippen molar-refractivity contribution in [2.45, 2.75) is 23.8 Å². The van der Waals surface area contributed by atoms with Crippen LogP contribution in [0.1, 0.15) is 23.2 Å². The molecule has 2 rings (SSSR count). The van der Waals surface area contributed by atoms with Crippen LogP contribution in [0.2, 0.25) is 0 Å². The van der Waals surface area contributed by atoms with E-state index in [1.165, 1.54) is 36.7 Å². The first kappa shape index (κ1) is 17.7. The minimum atomic E-state index is -3.68. The summed E-state index contributed by atoms with van der Waals surface area (Å²) in [5.41, 5.74) is 0.245. The highest BCUT2D eigenvalue weighted by Crippen LogP contribution is 2.29. The van der Waals surface area contributed by atoms with Crippen LogP contribution in [0, 0.1) is 0 Å². The topological polar surface area (TPSA) is 84.9 Å². The van der Waals surface area contributed by atoms with Crippen molar-refractivity contribution in [3.05, 3.63) is 23.8 Å². The third kappa shape index (κ3) is 3.65. The normalized spacial score (nSPS) is 19.3. The van der Waals surface area contributed by atoms with E-state index >= 15 is 0 Å². The molecule has 128 valence electrons. The second kappa shape index (κ2) is 7.29. The number of piperidine rings is 1. The number of rotatable bonds is 5. The summed E-state index contributed by atoms with van der Waals surface area (Å²) in [6, 6.07) is 4.35. The maximum Gasteiger partial charge on any atom is 0.337 e. The summed E-state index contributed by atoms with van der Waals surface area (Å²) in [7, 11) is 0.791. The number of nitrogens with one attached hydrogen (secondary N) is 1. The molecule has 1 unspecified atom stereocenters. The average molecular weight is 342 g/mol. The summed E-state index contributed by atoms with van der Waals surface area (Å²) in [5, 5.41) is 3.12. The summed E-state index contributed by atoms with van der Waals surface area (Å²) < 4.78 is 37.0. The van der Waals surface area contributed by atoms with Gasteiger partial charge in [0.25, 0.3) is 0 Å². The molecule has 0 bridgehead atoms. The van der Waals surface area contributed by atoms with Crippen LogP contribution in [0.4, 0.5) is 0 Å². The predicted molar refractivity (Wildman–Crippen MR) is 85.2 cm³/mol. The lowest BCUT2D eigenvalue weighted by Gasteiger charge is -2.32. The van der Waals surface area contributed by atoms with Gasteiger partial charge < -0.3 is 14.8 Å². The van der Waals surface area contributed by atoms with Crippen LogP contribution in [0.3, 0.4) is 0 Å². The number of hydrogen-bond donors (Lipinski definition) is 1. The van der Waals surface area contributed by atoms with E-state index < -0.39 is 16.0 Å². The number of methoxy groups -OCH3 is 2.